The molecule has 0 radical (unpaired) electrons. The van der Waals surface area contributed by atoms with Crippen LogP contribution in [0.4, 0.5) is 13.2 Å². The van der Waals surface area contributed by atoms with Crippen molar-refractivity contribution in [3.05, 3.63) is 29.8 Å². The molecule has 6 heteroatoms. The van der Waals surface area contributed by atoms with Crippen LogP contribution in [-0.4, -0.2) is 26.0 Å². The summed E-state index contributed by atoms with van der Waals surface area (Å²) in [6.07, 6.45) is -2.55. The van der Waals surface area contributed by atoms with Gasteiger partial charge in [0.2, 0.25) is 0 Å². The molecule has 1 aromatic carbocycles. The van der Waals surface area contributed by atoms with E-state index >= 15 is 0 Å². The Bertz CT molecular complexity index is 450. The van der Waals surface area contributed by atoms with Crippen molar-refractivity contribution in [3.63, 3.8) is 0 Å². The number of benzene rings is 1. The second kappa shape index (κ2) is 6.01. The molecule has 0 bridgehead atoms. The number of hydrogen-bond acceptors (Lipinski definition) is 3. The molecule has 0 amide bonds. The topological polar surface area (TPSA) is 44.5 Å². The summed E-state index contributed by atoms with van der Waals surface area (Å²) in [7, 11) is 0. The van der Waals surface area contributed by atoms with E-state index < -0.39 is 18.3 Å². The molecule has 1 unspecified atom stereocenters. The molecule has 1 aliphatic heterocycles. The molecule has 0 aliphatic carbocycles. The van der Waals surface area contributed by atoms with Gasteiger partial charge in [0.15, 0.2) is 0 Å². The van der Waals surface area contributed by atoms with Crippen molar-refractivity contribution < 1.29 is 22.6 Å². The number of halogens is 3. The summed E-state index contributed by atoms with van der Waals surface area (Å²) in [5.74, 6) is 0.762. The average Bonchev–Trinajstić information content (AvgIpc) is 2.38. The van der Waals surface area contributed by atoms with E-state index in [9.17, 15) is 13.2 Å². The molecule has 1 aliphatic rings. The number of ether oxygens (including phenoxy) is 2. The fourth-order valence-electron chi connectivity index (χ4n) is 2.42. The highest BCUT2D eigenvalue weighted by molar-refractivity contribution is 5.40. The molecule has 1 atom stereocenters. The Kier molecular flexibility index (Phi) is 4.55. The van der Waals surface area contributed by atoms with Crippen LogP contribution in [-0.2, 0) is 10.3 Å². The normalized spacial score (nSPS) is 22.2. The van der Waals surface area contributed by atoms with Crippen LogP contribution < -0.4 is 10.5 Å². The molecule has 0 spiro atoms. The standard InChI is InChI=1S/C14H18F3NO2/c15-14(16,17)10-19-8-3-6-13(18)7-9-20-12-5-2-1-4-11(12)13/h1-2,4-5H,3,6-10,18H2. The second-order valence-corrected chi connectivity index (χ2v) is 5.02. The van der Waals surface area contributed by atoms with Crippen molar-refractivity contribution in [2.45, 2.75) is 31.0 Å². The Balaban J connectivity index is 1.87. The van der Waals surface area contributed by atoms with E-state index in [0.29, 0.717) is 25.9 Å². The van der Waals surface area contributed by atoms with Gasteiger partial charge in [0.25, 0.3) is 0 Å². The predicted molar refractivity (Wildman–Crippen MR) is 68.5 cm³/mol. The van der Waals surface area contributed by atoms with Gasteiger partial charge in [0.1, 0.15) is 12.4 Å². The van der Waals surface area contributed by atoms with Gasteiger partial charge in [-0.1, -0.05) is 18.2 Å². The summed E-state index contributed by atoms with van der Waals surface area (Å²) in [5, 5.41) is 0. The largest absolute Gasteiger partial charge is 0.493 e. The van der Waals surface area contributed by atoms with Gasteiger partial charge in [-0.3, -0.25) is 0 Å². The number of rotatable bonds is 5. The van der Waals surface area contributed by atoms with Crippen molar-refractivity contribution in [1.29, 1.82) is 0 Å². The lowest BCUT2D eigenvalue weighted by Crippen LogP contribution is -2.41. The van der Waals surface area contributed by atoms with Gasteiger partial charge in [0.05, 0.1) is 6.61 Å². The summed E-state index contributed by atoms with van der Waals surface area (Å²) < 4.78 is 46.0. The molecule has 112 valence electrons. The molecular weight excluding hydrogens is 271 g/mol. The fourth-order valence-corrected chi connectivity index (χ4v) is 2.42. The van der Waals surface area contributed by atoms with Gasteiger partial charge >= 0.3 is 6.18 Å². The van der Waals surface area contributed by atoms with Gasteiger partial charge in [0, 0.05) is 24.1 Å². The summed E-state index contributed by atoms with van der Waals surface area (Å²) in [6, 6.07) is 7.52. The zero-order chi connectivity index (χ0) is 14.6. The smallest absolute Gasteiger partial charge is 0.411 e. The van der Waals surface area contributed by atoms with Crippen LogP contribution in [0, 0.1) is 0 Å². The third kappa shape index (κ3) is 3.86. The van der Waals surface area contributed by atoms with Crippen LogP contribution in [0.5, 0.6) is 5.75 Å². The number of hydrogen-bond donors (Lipinski definition) is 1. The van der Waals surface area contributed by atoms with Crippen molar-refractivity contribution in [2.75, 3.05) is 19.8 Å². The zero-order valence-corrected chi connectivity index (χ0v) is 11.1. The Morgan fingerprint density at radius 1 is 1.30 bits per heavy atom. The SMILES string of the molecule is NC1(CCCOCC(F)(F)F)CCOc2ccccc21. The molecular formula is C14H18F3NO2. The van der Waals surface area contributed by atoms with Crippen molar-refractivity contribution in [3.8, 4) is 5.75 Å². The lowest BCUT2D eigenvalue weighted by Gasteiger charge is -2.35. The van der Waals surface area contributed by atoms with Crippen molar-refractivity contribution >= 4 is 0 Å². The summed E-state index contributed by atoms with van der Waals surface area (Å²) in [6.45, 7) is -0.622. The minimum atomic E-state index is -4.27. The maximum absolute atomic E-state index is 11.9. The van der Waals surface area contributed by atoms with E-state index in [-0.39, 0.29) is 6.61 Å². The fraction of sp³-hybridized carbons (Fsp3) is 0.571. The molecule has 1 aromatic rings. The quantitative estimate of drug-likeness (QED) is 0.848. The average molecular weight is 289 g/mol. The van der Waals surface area contributed by atoms with Crippen LogP contribution in [0.3, 0.4) is 0 Å². The van der Waals surface area contributed by atoms with Crippen LogP contribution in [0.25, 0.3) is 0 Å². The van der Waals surface area contributed by atoms with E-state index in [1.807, 2.05) is 24.3 Å². The third-order valence-electron chi connectivity index (χ3n) is 3.41. The number of nitrogens with two attached hydrogens (primary N) is 1. The summed E-state index contributed by atoms with van der Waals surface area (Å²) in [4.78, 5) is 0. The Hall–Kier alpha value is -1.27. The molecule has 0 aromatic heterocycles. The zero-order valence-electron chi connectivity index (χ0n) is 11.1. The summed E-state index contributed by atoms with van der Waals surface area (Å²) in [5.41, 5.74) is 6.75. The Morgan fingerprint density at radius 3 is 2.80 bits per heavy atom. The highest BCUT2D eigenvalue weighted by Gasteiger charge is 2.33. The van der Waals surface area contributed by atoms with E-state index in [4.69, 9.17) is 10.5 Å². The Morgan fingerprint density at radius 2 is 2.05 bits per heavy atom. The molecule has 1 heterocycles. The maximum Gasteiger partial charge on any atom is 0.411 e. The van der Waals surface area contributed by atoms with Gasteiger partial charge in [-0.05, 0) is 18.9 Å². The minimum Gasteiger partial charge on any atom is -0.493 e. The molecule has 20 heavy (non-hydrogen) atoms. The van der Waals surface area contributed by atoms with Gasteiger partial charge in [-0.25, -0.2) is 0 Å². The van der Waals surface area contributed by atoms with Crippen LogP contribution in [0.1, 0.15) is 24.8 Å². The van der Waals surface area contributed by atoms with Crippen LogP contribution >= 0.6 is 0 Å². The number of para-hydroxylation sites is 1. The molecule has 0 saturated carbocycles. The monoisotopic (exact) mass is 289 g/mol. The van der Waals surface area contributed by atoms with Gasteiger partial charge in [-0.2, -0.15) is 13.2 Å². The first kappa shape index (κ1) is 15.1. The van der Waals surface area contributed by atoms with Gasteiger partial charge < -0.3 is 15.2 Å². The molecule has 0 saturated heterocycles. The lowest BCUT2D eigenvalue weighted by atomic mass is 9.82. The summed E-state index contributed by atoms with van der Waals surface area (Å²) >= 11 is 0. The van der Waals surface area contributed by atoms with Crippen molar-refractivity contribution in [1.82, 2.24) is 0 Å². The number of alkyl halides is 3. The first-order valence-electron chi connectivity index (χ1n) is 6.56. The van der Waals surface area contributed by atoms with E-state index in [1.165, 1.54) is 0 Å². The molecule has 2 N–H and O–H groups in total. The maximum atomic E-state index is 11.9. The second-order valence-electron chi connectivity index (χ2n) is 5.02. The van der Waals surface area contributed by atoms with Crippen molar-refractivity contribution in [2.24, 2.45) is 5.73 Å². The molecule has 2 rings (SSSR count). The van der Waals surface area contributed by atoms with E-state index in [0.717, 1.165) is 11.3 Å². The minimum absolute atomic E-state index is 0.0570. The first-order valence-corrected chi connectivity index (χ1v) is 6.56. The van der Waals surface area contributed by atoms with E-state index in [2.05, 4.69) is 4.74 Å². The van der Waals surface area contributed by atoms with E-state index in [1.54, 1.807) is 0 Å². The molecule has 0 fully saturated rings. The first-order chi connectivity index (χ1) is 9.41. The Labute approximate surface area is 115 Å². The van der Waals surface area contributed by atoms with Crippen LogP contribution in [0.2, 0.25) is 0 Å². The molecule has 3 nitrogen and oxygen atoms in total. The lowest BCUT2D eigenvalue weighted by molar-refractivity contribution is -0.174. The third-order valence-corrected chi connectivity index (χ3v) is 3.41. The van der Waals surface area contributed by atoms with Crippen LogP contribution in [0.15, 0.2) is 24.3 Å². The van der Waals surface area contributed by atoms with Gasteiger partial charge in [-0.15, -0.1) is 0 Å². The predicted octanol–water partition coefficient (Wildman–Crippen LogP) is 2.98. The highest BCUT2D eigenvalue weighted by Crippen LogP contribution is 2.37. The highest BCUT2D eigenvalue weighted by atomic mass is 19.4. The number of fused-ring (bicyclic) bond motifs is 1.